The first-order chi connectivity index (χ1) is 8.43. The van der Waals surface area contributed by atoms with Gasteiger partial charge in [0.15, 0.2) is 0 Å². The van der Waals surface area contributed by atoms with Crippen molar-refractivity contribution in [2.75, 3.05) is 0 Å². The third-order valence-electron chi connectivity index (χ3n) is 2.46. The van der Waals surface area contributed by atoms with E-state index in [1.807, 2.05) is 0 Å². The van der Waals surface area contributed by atoms with Gasteiger partial charge in [0.05, 0.1) is 11.1 Å². The van der Waals surface area contributed by atoms with Gasteiger partial charge in [-0.15, -0.1) is 0 Å². The number of benzene rings is 1. The molecule has 1 unspecified atom stereocenters. The summed E-state index contributed by atoms with van der Waals surface area (Å²) < 4.78 is 74.8. The summed E-state index contributed by atoms with van der Waals surface area (Å²) in [5, 5.41) is 10.5. The second-order valence-electron chi connectivity index (χ2n) is 3.88. The van der Waals surface area contributed by atoms with Gasteiger partial charge in [0, 0.05) is 11.9 Å². The first kappa shape index (κ1) is 19.3. The molecule has 0 aliphatic carbocycles. The third-order valence-corrected chi connectivity index (χ3v) is 2.46. The average Bonchev–Trinajstić information content (AvgIpc) is 2.24. The van der Waals surface area contributed by atoms with Crippen LogP contribution in [-0.4, -0.2) is 5.97 Å². The van der Waals surface area contributed by atoms with Crippen LogP contribution in [0.25, 0.3) is 0 Å². The Morgan fingerprint density at radius 2 is 1.35 bits per heavy atom. The van der Waals surface area contributed by atoms with E-state index in [0.29, 0.717) is 12.1 Å². The van der Waals surface area contributed by atoms with Crippen molar-refractivity contribution in [3.63, 3.8) is 0 Å². The molecule has 0 aliphatic rings. The molecule has 0 aromatic heterocycles. The van der Waals surface area contributed by atoms with Crippen LogP contribution in [0, 0.1) is 0 Å². The summed E-state index contributed by atoms with van der Waals surface area (Å²) in [6.45, 7) is 0.949. The fourth-order valence-corrected chi connectivity index (χ4v) is 1.37. The van der Waals surface area contributed by atoms with Gasteiger partial charge in [-0.3, -0.25) is 0 Å². The second kappa shape index (κ2) is 6.36. The molecule has 0 radical (unpaired) electrons. The molecule has 0 aliphatic heterocycles. The van der Waals surface area contributed by atoms with Gasteiger partial charge in [0.1, 0.15) is 0 Å². The molecule has 0 spiro atoms. The van der Waals surface area contributed by atoms with E-state index >= 15 is 0 Å². The van der Waals surface area contributed by atoms with Crippen LogP contribution < -0.4 is 34.7 Å². The van der Waals surface area contributed by atoms with Crippen LogP contribution in [0.3, 0.4) is 0 Å². The van der Waals surface area contributed by atoms with Crippen molar-refractivity contribution in [1.82, 2.24) is 0 Å². The fourth-order valence-electron chi connectivity index (χ4n) is 1.37. The maximum absolute atomic E-state index is 12.5. The summed E-state index contributed by atoms with van der Waals surface area (Å²) in [5.41, 5.74) is -3.71. The summed E-state index contributed by atoms with van der Waals surface area (Å²) in [6, 6.07) is 0.677. The normalized spacial score (nSPS) is 13.6. The van der Waals surface area contributed by atoms with E-state index in [1.165, 1.54) is 0 Å². The molecular weight excluding hydrogens is 301 g/mol. The molecule has 0 bridgehead atoms. The SMILES string of the molecule is CC(C(=O)[O-])c1cc(C(F)(F)F)cc(C(F)(F)F)c1.[Na+]. The molecule has 9 heteroatoms. The summed E-state index contributed by atoms with van der Waals surface area (Å²) in [7, 11) is 0. The number of halogens is 6. The smallest absolute Gasteiger partial charge is 0.550 e. The van der Waals surface area contributed by atoms with E-state index in [9.17, 15) is 36.2 Å². The molecule has 1 rings (SSSR count). The number of carbonyl (C=O) groups is 1. The molecule has 2 nitrogen and oxygen atoms in total. The molecule has 1 aromatic carbocycles. The zero-order valence-electron chi connectivity index (χ0n) is 10.4. The number of alkyl halides is 6. The maximum atomic E-state index is 12.5. The van der Waals surface area contributed by atoms with Gasteiger partial charge in [-0.05, 0) is 23.8 Å². The maximum Gasteiger partial charge on any atom is 1.00 e. The van der Waals surface area contributed by atoms with Crippen LogP contribution >= 0.6 is 0 Å². The first-order valence-corrected chi connectivity index (χ1v) is 4.93. The van der Waals surface area contributed by atoms with Gasteiger partial charge < -0.3 is 9.90 Å². The van der Waals surface area contributed by atoms with Gasteiger partial charge in [-0.2, -0.15) is 26.3 Å². The van der Waals surface area contributed by atoms with Gasteiger partial charge >= 0.3 is 41.9 Å². The van der Waals surface area contributed by atoms with E-state index in [1.54, 1.807) is 0 Å². The summed E-state index contributed by atoms with van der Waals surface area (Å²) in [4.78, 5) is 10.5. The van der Waals surface area contributed by atoms with Gasteiger partial charge in [-0.1, -0.05) is 6.92 Å². The summed E-state index contributed by atoms with van der Waals surface area (Å²) in [6.07, 6.45) is -10.00. The fraction of sp³-hybridized carbons (Fsp3) is 0.364. The largest absolute Gasteiger partial charge is 1.00 e. The van der Waals surface area contributed by atoms with Crippen molar-refractivity contribution in [3.8, 4) is 0 Å². The van der Waals surface area contributed by atoms with Crippen molar-refractivity contribution in [2.45, 2.75) is 25.2 Å². The Hall–Kier alpha value is -0.730. The number of aliphatic carboxylic acids is 1. The number of carboxylic acids is 1. The van der Waals surface area contributed by atoms with E-state index < -0.39 is 40.9 Å². The quantitative estimate of drug-likeness (QED) is 0.550. The molecule has 0 amide bonds. The van der Waals surface area contributed by atoms with Crippen LogP contribution in [0.1, 0.15) is 29.5 Å². The molecule has 0 heterocycles. The molecule has 0 fully saturated rings. The van der Waals surface area contributed by atoms with Gasteiger partial charge in [-0.25, -0.2) is 0 Å². The van der Waals surface area contributed by atoms with Crippen LogP contribution in [0.2, 0.25) is 0 Å². The molecular formula is C11H7F6NaO2. The molecule has 106 valence electrons. The number of hydrogen-bond acceptors (Lipinski definition) is 2. The van der Waals surface area contributed by atoms with E-state index in [-0.39, 0.29) is 35.6 Å². The average molecular weight is 308 g/mol. The van der Waals surface area contributed by atoms with Crippen molar-refractivity contribution >= 4 is 5.97 Å². The topological polar surface area (TPSA) is 40.1 Å². The van der Waals surface area contributed by atoms with Crippen LogP contribution in [0.4, 0.5) is 26.3 Å². The number of carboxylic acid groups (broad SMARTS) is 1. The minimum absolute atomic E-state index is 0. The number of hydrogen-bond donors (Lipinski definition) is 0. The van der Waals surface area contributed by atoms with E-state index in [4.69, 9.17) is 0 Å². The minimum atomic E-state index is -5.00. The minimum Gasteiger partial charge on any atom is -0.550 e. The Morgan fingerprint density at radius 1 is 1.00 bits per heavy atom. The van der Waals surface area contributed by atoms with Gasteiger partial charge in [0.2, 0.25) is 0 Å². The standard InChI is InChI=1S/C11H8F6O2.Na/c1-5(9(18)19)6-2-7(10(12,13)14)4-8(3-6)11(15,16)17;/h2-5H,1H3,(H,18,19);/q;+1/p-1. The second-order valence-corrected chi connectivity index (χ2v) is 3.88. The predicted octanol–water partition coefficient (Wildman–Crippen LogP) is -0.418. The van der Waals surface area contributed by atoms with E-state index in [0.717, 1.165) is 6.92 Å². The first-order valence-electron chi connectivity index (χ1n) is 4.93. The van der Waals surface area contributed by atoms with Crippen molar-refractivity contribution in [3.05, 3.63) is 34.9 Å². The zero-order chi connectivity index (χ0) is 15.0. The zero-order valence-corrected chi connectivity index (χ0v) is 12.4. The van der Waals surface area contributed by atoms with Crippen molar-refractivity contribution in [1.29, 1.82) is 0 Å². The Morgan fingerprint density at radius 3 is 1.60 bits per heavy atom. The summed E-state index contributed by atoms with van der Waals surface area (Å²) >= 11 is 0. The number of carbonyl (C=O) groups excluding carboxylic acids is 1. The Balaban J connectivity index is 0.00000361. The Labute approximate surface area is 132 Å². The molecule has 0 N–H and O–H groups in total. The van der Waals surface area contributed by atoms with Crippen LogP contribution in [0.15, 0.2) is 18.2 Å². The third kappa shape index (κ3) is 4.68. The van der Waals surface area contributed by atoms with Crippen molar-refractivity contribution in [2.24, 2.45) is 0 Å². The van der Waals surface area contributed by atoms with Crippen LogP contribution in [-0.2, 0) is 17.1 Å². The molecule has 1 aromatic rings. The molecule has 0 saturated carbocycles. The molecule has 0 saturated heterocycles. The number of rotatable bonds is 2. The van der Waals surface area contributed by atoms with E-state index in [2.05, 4.69) is 0 Å². The summed E-state index contributed by atoms with van der Waals surface area (Å²) in [5.74, 6) is -3.34. The molecule has 20 heavy (non-hydrogen) atoms. The van der Waals surface area contributed by atoms with Gasteiger partial charge in [0.25, 0.3) is 0 Å². The Kier molecular flexibility index (Phi) is 6.13. The van der Waals surface area contributed by atoms with Crippen molar-refractivity contribution < 1.29 is 65.8 Å². The predicted molar refractivity (Wildman–Crippen MR) is 49.9 cm³/mol. The Bertz CT molecular complexity index is 462. The molecule has 1 atom stereocenters. The monoisotopic (exact) mass is 308 g/mol. The van der Waals surface area contributed by atoms with Crippen LogP contribution in [0.5, 0.6) is 0 Å².